The first kappa shape index (κ1) is 23.6. The Balaban J connectivity index is 1.30. The van der Waals surface area contributed by atoms with Crippen molar-refractivity contribution in [1.29, 1.82) is 0 Å². The number of pyridine rings is 2. The monoisotopic (exact) mass is 485 g/mol. The lowest BCUT2D eigenvalue weighted by atomic mass is 9.96. The lowest BCUT2D eigenvalue weighted by Crippen LogP contribution is -2.20. The van der Waals surface area contributed by atoms with Crippen LogP contribution in [0.1, 0.15) is 41.6 Å². The molecule has 1 saturated carbocycles. The van der Waals surface area contributed by atoms with Crippen molar-refractivity contribution in [3.05, 3.63) is 72.1 Å². The molecule has 1 fully saturated rings. The summed E-state index contributed by atoms with van der Waals surface area (Å²) in [5, 5.41) is 9.73. The molecule has 5 rings (SSSR count). The highest BCUT2D eigenvalue weighted by Gasteiger charge is 2.21. The normalized spacial score (nSPS) is 13.9. The number of benzene rings is 1. The van der Waals surface area contributed by atoms with E-state index >= 15 is 0 Å². The van der Waals surface area contributed by atoms with Gasteiger partial charge in [-0.25, -0.2) is 19.3 Å². The Morgan fingerprint density at radius 3 is 2.67 bits per heavy atom. The van der Waals surface area contributed by atoms with Crippen molar-refractivity contribution in [2.75, 3.05) is 30.8 Å². The fraction of sp³-hybridized carbons (Fsp3) is 0.296. The molecule has 9 heteroatoms. The van der Waals surface area contributed by atoms with E-state index in [4.69, 9.17) is 0 Å². The molecule has 184 valence electrons. The number of carbonyl (C=O) groups excluding carboxylic acids is 1. The van der Waals surface area contributed by atoms with Crippen LogP contribution >= 0.6 is 0 Å². The SMILES string of the molecule is CNC(=O)c1c(F)cnc2c([C@H](C)CNc3cc(-c4ccc(NCC5CC5)nc4)ncn3)cccc12. The molecule has 3 N–H and O–H groups in total. The maximum absolute atomic E-state index is 14.4. The first-order chi connectivity index (χ1) is 17.5. The van der Waals surface area contributed by atoms with Gasteiger partial charge in [0.25, 0.3) is 5.91 Å². The highest BCUT2D eigenvalue weighted by atomic mass is 19.1. The molecule has 1 amide bonds. The van der Waals surface area contributed by atoms with Crippen molar-refractivity contribution in [2.45, 2.75) is 25.7 Å². The summed E-state index contributed by atoms with van der Waals surface area (Å²) in [5.74, 6) is 1.24. The molecule has 0 aliphatic heterocycles. The highest BCUT2D eigenvalue weighted by Crippen LogP contribution is 2.29. The number of nitrogens with one attached hydrogen (secondary N) is 3. The van der Waals surface area contributed by atoms with Crippen molar-refractivity contribution < 1.29 is 9.18 Å². The van der Waals surface area contributed by atoms with Crippen LogP contribution in [0.2, 0.25) is 0 Å². The minimum Gasteiger partial charge on any atom is -0.370 e. The van der Waals surface area contributed by atoms with Crippen LogP contribution in [0.3, 0.4) is 0 Å². The van der Waals surface area contributed by atoms with Crippen LogP contribution in [0.4, 0.5) is 16.0 Å². The number of hydrogen-bond donors (Lipinski definition) is 3. The minimum atomic E-state index is -0.639. The van der Waals surface area contributed by atoms with Crippen LogP contribution in [-0.4, -0.2) is 46.0 Å². The molecule has 1 atom stereocenters. The number of anilines is 2. The Labute approximate surface area is 208 Å². The third-order valence-corrected chi connectivity index (χ3v) is 6.45. The summed E-state index contributed by atoms with van der Waals surface area (Å²) in [4.78, 5) is 29.8. The van der Waals surface area contributed by atoms with Gasteiger partial charge in [0, 0.05) is 49.3 Å². The Kier molecular flexibility index (Phi) is 6.71. The highest BCUT2D eigenvalue weighted by molar-refractivity contribution is 6.06. The molecular formula is C27H28FN7O. The molecule has 1 aromatic carbocycles. The standard InChI is InChI=1S/C27H28FN7O/c1-16(19-4-3-5-20-25(27(36)29-2)21(28)14-33-26(19)20)11-30-24-10-22(34-15-35-24)18-8-9-23(32-13-18)31-12-17-6-7-17/h3-5,8-10,13-17H,6-7,11-12H2,1-2H3,(H,29,36)(H,31,32)(H,30,34,35)/t16-/m1/s1. The predicted molar refractivity (Wildman–Crippen MR) is 138 cm³/mol. The first-order valence-corrected chi connectivity index (χ1v) is 12.1. The number of nitrogens with zero attached hydrogens (tertiary/aromatic N) is 4. The minimum absolute atomic E-state index is 0.00678. The number of amides is 1. The Bertz CT molecular complexity index is 1390. The lowest BCUT2D eigenvalue weighted by molar-refractivity contribution is 0.0960. The summed E-state index contributed by atoms with van der Waals surface area (Å²) in [5.41, 5.74) is 3.22. The van der Waals surface area contributed by atoms with Gasteiger partial charge >= 0.3 is 0 Å². The summed E-state index contributed by atoms with van der Waals surface area (Å²) >= 11 is 0. The topological polar surface area (TPSA) is 105 Å². The number of halogens is 1. The number of carbonyl (C=O) groups is 1. The summed E-state index contributed by atoms with van der Waals surface area (Å²) in [6, 6.07) is 11.3. The van der Waals surface area contributed by atoms with Gasteiger partial charge in [0.05, 0.1) is 23.0 Å². The molecule has 3 heterocycles. The van der Waals surface area contributed by atoms with Crippen molar-refractivity contribution >= 4 is 28.4 Å². The predicted octanol–water partition coefficient (Wildman–Crippen LogP) is 4.62. The van der Waals surface area contributed by atoms with Gasteiger partial charge in [-0.1, -0.05) is 25.1 Å². The second kappa shape index (κ2) is 10.2. The molecule has 1 aliphatic rings. The second-order valence-electron chi connectivity index (χ2n) is 9.13. The number of hydrogen-bond acceptors (Lipinski definition) is 7. The lowest BCUT2D eigenvalue weighted by Gasteiger charge is -2.17. The van der Waals surface area contributed by atoms with Gasteiger partial charge in [0.2, 0.25) is 0 Å². The molecule has 3 aromatic heterocycles. The summed E-state index contributed by atoms with van der Waals surface area (Å²) in [6.07, 6.45) is 7.04. The quantitative estimate of drug-likeness (QED) is 0.318. The van der Waals surface area contributed by atoms with Gasteiger partial charge in [0.15, 0.2) is 5.82 Å². The van der Waals surface area contributed by atoms with Gasteiger partial charge in [-0.15, -0.1) is 0 Å². The van der Waals surface area contributed by atoms with Gasteiger partial charge < -0.3 is 16.0 Å². The zero-order chi connectivity index (χ0) is 25.1. The van der Waals surface area contributed by atoms with Gasteiger partial charge in [-0.2, -0.15) is 0 Å². The molecule has 0 saturated heterocycles. The largest absolute Gasteiger partial charge is 0.370 e. The van der Waals surface area contributed by atoms with E-state index in [0.29, 0.717) is 23.3 Å². The third-order valence-electron chi connectivity index (χ3n) is 6.45. The average Bonchev–Trinajstić information content (AvgIpc) is 3.75. The maximum atomic E-state index is 14.4. The fourth-order valence-corrected chi connectivity index (χ4v) is 4.18. The molecule has 0 radical (unpaired) electrons. The van der Waals surface area contributed by atoms with E-state index in [2.05, 4.69) is 35.9 Å². The van der Waals surface area contributed by atoms with Gasteiger partial charge in [0.1, 0.15) is 18.0 Å². The molecule has 1 aliphatic carbocycles. The van der Waals surface area contributed by atoms with E-state index in [1.54, 1.807) is 6.07 Å². The Hall–Kier alpha value is -4.14. The van der Waals surface area contributed by atoms with E-state index in [0.717, 1.165) is 41.3 Å². The Morgan fingerprint density at radius 2 is 1.92 bits per heavy atom. The smallest absolute Gasteiger partial charge is 0.254 e. The van der Waals surface area contributed by atoms with Crippen LogP contribution in [0.5, 0.6) is 0 Å². The molecule has 0 unspecified atom stereocenters. The van der Waals surface area contributed by atoms with Gasteiger partial charge in [-0.3, -0.25) is 9.78 Å². The second-order valence-corrected chi connectivity index (χ2v) is 9.13. The molecule has 36 heavy (non-hydrogen) atoms. The van der Waals surface area contributed by atoms with Crippen LogP contribution in [0.25, 0.3) is 22.2 Å². The van der Waals surface area contributed by atoms with E-state index in [9.17, 15) is 9.18 Å². The van der Waals surface area contributed by atoms with Crippen molar-refractivity contribution in [3.63, 3.8) is 0 Å². The zero-order valence-electron chi connectivity index (χ0n) is 20.3. The first-order valence-electron chi connectivity index (χ1n) is 12.1. The number of para-hydroxylation sites is 1. The molecule has 4 aromatic rings. The molecule has 0 bridgehead atoms. The third kappa shape index (κ3) is 5.10. The number of aromatic nitrogens is 4. The summed E-state index contributed by atoms with van der Waals surface area (Å²) in [7, 11) is 1.48. The zero-order valence-corrected chi connectivity index (χ0v) is 20.3. The summed E-state index contributed by atoms with van der Waals surface area (Å²) < 4.78 is 14.4. The van der Waals surface area contributed by atoms with E-state index in [1.165, 1.54) is 26.2 Å². The van der Waals surface area contributed by atoms with Gasteiger partial charge in [-0.05, 0) is 36.5 Å². The summed E-state index contributed by atoms with van der Waals surface area (Å²) in [6.45, 7) is 3.58. The van der Waals surface area contributed by atoms with Crippen LogP contribution in [0, 0.1) is 11.7 Å². The van der Waals surface area contributed by atoms with Crippen molar-refractivity contribution in [3.8, 4) is 11.3 Å². The van der Waals surface area contributed by atoms with Crippen LogP contribution in [-0.2, 0) is 0 Å². The molecule has 0 spiro atoms. The van der Waals surface area contributed by atoms with Crippen LogP contribution in [0.15, 0.2) is 55.1 Å². The van der Waals surface area contributed by atoms with E-state index in [1.807, 2.05) is 43.5 Å². The molecule has 8 nitrogen and oxygen atoms in total. The number of rotatable bonds is 9. The van der Waals surface area contributed by atoms with Crippen molar-refractivity contribution in [2.24, 2.45) is 5.92 Å². The molecular weight excluding hydrogens is 457 g/mol. The van der Waals surface area contributed by atoms with E-state index in [-0.39, 0.29) is 11.5 Å². The maximum Gasteiger partial charge on any atom is 0.254 e. The average molecular weight is 486 g/mol. The van der Waals surface area contributed by atoms with E-state index < -0.39 is 11.7 Å². The Morgan fingerprint density at radius 1 is 1.06 bits per heavy atom. The number of fused-ring (bicyclic) bond motifs is 1. The van der Waals surface area contributed by atoms with Crippen LogP contribution < -0.4 is 16.0 Å². The van der Waals surface area contributed by atoms with Crippen molar-refractivity contribution in [1.82, 2.24) is 25.3 Å². The fourth-order valence-electron chi connectivity index (χ4n) is 4.18.